The summed E-state index contributed by atoms with van der Waals surface area (Å²) in [7, 11) is 0. The number of nitrogens with zero attached hydrogens (tertiary/aromatic N) is 2. The highest BCUT2D eigenvalue weighted by Gasteiger charge is 2.08. The second-order valence-corrected chi connectivity index (χ2v) is 6.43. The van der Waals surface area contributed by atoms with Crippen LogP contribution in [0.4, 0.5) is 0 Å². The van der Waals surface area contributed by atoms with Crippen LogP contribution in [0.5, 0.6) is 5.75 Å². The number of aryl methyl sites for hydroxylation is 1. The molecule has 0 bridgehead atoms. The fourth-order valence-electron chi connectivity index (χ4n) is 2.09. The standard InChI is InChI=1S/C17H16ClN3OS/c1-12-4-2-3-5-15(12)16-19-17(21-20-16)23-11-10-22-14-8-6-13(18)7-9-14/h2-9H,10-11H2,1H3,(H,19,20,21). The number of rotatable bonds is 6. The van der Waals surface area contributed by atoms with Crippen LogP contribution in [0, 0.1) is 6.92 Å². The number of nitrogens with one attached hydrogen (secondary N) is 1. The van der Waals surface area contributed by atoms with Gasteiger partial charge in [-0.3, -0.25) is 5.10 Å². The number of H-pyrrole nitrogens is 1. The first-order chi connectivity index (χ1) is 11.2. The molecule has 118 valence electrons. The Morgan fingerprint density at radius 2 is 1.91 bits per heavy atom. The van der Waals surface area contributed by atoms with Crippen LogP contribution < -0.4 is 4.74 Å². The molecular formula is C17H16ClN3OS. The van der Waals surface area contributed by atoms with Gasteiger partial charge in [-0.2, -0.15) is 0 Å². The summed E-state index contributed by atoms with van der Waals surface area (Å²) in [4.78, 5) is 4.52. The number of benzene rings is 2. The van der Waals surface area contributed by atoms with Crippen molar-refractivity contribution in [2.45, 2.75) is 12.1 Å². The van der Waals surface area contributed by atoms with Gasteiger partial charge in [-0.25, -0.2) is 4.98 Å². The van der Waals surface area contributed by atoms with E-state index in [1.165, 1.54) is 5.56 Å². The molecule has 2 aromatic carbocycles. The molecule has 0 fully saturated rings. The molecule has 1 aromatic heterocycles. The fourth-order valence-corrected chi connectivity index (χ4v) is 2.83. The molecule has 4 nitrogen and oxygen atoms in total. The van der Waals surface area contributed by atoms with Gasteiger partial charge in [-0.15, -0.1) is 5.10 Å². The summed E-state index contributed by atoms with van der Waals surface area (Å²) >= 11 is 7.40. The van der Waals surface area contributed by atoms with Crippen molar-refractivity contribution in [1.29, 1.82) is 0 Å². The van der Waals surface area contributed by atoms with Gasteiger partial charge < -0.3 is 4.74 Å². The third-order valence-corrected chi connectivity index (χ3v) is 4.33. The topological polar surface area (TPSA) is 50.8 Å². The van der Waals surface area contributed by atoms with Gasteiger partial charge in [-0.1, -0.05) is 47.6 Å². The maximum Gasteiger partial charge on any atom is 0.208 e. The zero-order valence-corrected chi connectivity index (χ0v) is 14.2. The molecule has 1 N–H and O–H groups in total. The molecule has 0 radical (unpaired) electrons. The van der Waals surface area contributed by atoms with E-state index in [1.807, 2.05) is 42.5 Å². The zero-order chi connectivity index (χ0) is 16.1. The molecule has 0 amide bonds. The van der Waals surface area contributed by atoms with Crippen molar-refractivity contribution in [2.24, 2.45) is 0 Å². The maximum absolute atomic E-state index is 5.84. The highest BCUT2D eigenvalue weighted by Crippen LogP contribution is 2.22. The molecule has 3 aromatic rings. The van der Waals surface area contributed by atoms with E-state index < -0.39 is 0 Å². The molecule has 0 aliphatic carbocycles. The van der Waals surface area contributed by atoms with Gasteiger partial charge in [0.05, 0.1) is 6.61 Å². The van der Waals surface area contributed by atoms with E-state index in [9.17, 15) is 0 Å². The van der Waals surface area contributed by atoms with E-state index in [2.05, 4.69) is 28.2 Å². The molecule has 1 heterocycles. The molecule has 0 saturated carbocycles. The average Bonchev–Trinajstić information content (AvgIpc) is 3.02. The van der Waals surface area contributed by atoms with Crippen molar-refractivity contribution < 1.29 is 4.74 Å². The van der Waals surface area contributed by atoms with Gasteiger partial charge >= 0.3 is 0 Å². The van der Waals surface area contributed by atoms with Crippen LogP contribution in [-0.2, 0) is 0 Å². The molecule has 6 heteroatoms. The minimum absolute atomic E-state index is 0.584. The van der Waals surface area contributed by atoms with Crippen molar-refractivity contribution in [2.75, 3.05) is 12.4 Å². The third-order valence-electron chi connectivity index (χ3n) is 3.26. The van der Waals surface area contributed by atoms with Crippen LogP contribution >= 0.6 is 23.4 Å². The quantitative estimate of drug-likeness (QED) is 0.523. The first kappa shape index (κ1) is 15.9. The number of thioether (sulfide) groups is 1. The smallest absolute Gasteiger partial charge is 0.208 e. The van der Waals surface area contributed by atoms with Crippen LogP contribution in [0.1, 0.15) is 5.56 Å². The van der Waals surface area contributed by atoms with Crippen LogP contribution in [0.3, 0.4) is 0 Å². The molecule has 0 spiro atoms. The zero-order valence-electron chi connectivity index (χ0n) is 12.6. The lowest BCUT2D eigenvalue weighted by atomic mass is 10.1. The molecule has 0 aliphatic heterocycles. The van der Waals surface area contributed by atoms with Crippen molar-refractivity contribution in [1.82, 2.24) is 15.2 Å². The van der Waals surface area contributed by atoms with E-state index in [4.69, 9.17) is 16.3 Å². The van der Waals surface area contributed by atoms with E-state index in [1.54, 1.807) is 11.8 Å². The van der Waals surface area contributed by atoms with Crippen molar-refractivity contribution in [3.8, 4) is 17.1 Å². The summed E-state index contributed by atoms with van der Waals surface area (Å²) in [5, 5.41) is 8.66. The SMILES string of the molecule is Cc1ccccc1-c1nc(SCCOc2ccc(Cl)cc2)n[nH]1. The number of aromatic nitrogens is 3. The number of halogens is 1. The Kier molecular flexibility index (Phi) is 5.20. The molecule has 23 heavy (non-hydrogen) atoms. The summed E-state index contributed by atoms with van der Waals surface area (Å²) in [6.07, 6.45) is 0. The third kappa shape index (κ3) is 4.27. The molecule has 0 unspecified atom stereocenters. The number of ether oxygens (including phenoxy) is 1. The monoisotopic (exact) mass is 345 g/mol. The predicted molar refractivity (Wildman–Crippen MR) is 94.2 cm³/mol. The maximum atomic E-state index is 5.84. The Morgan fingerprint density at radius 1 is 1.13 bits per heavy atom. The predicted octanol–water partition coefficient (Wildman–Crippen LogP) is 4.60. The summed E-state index contributed by atoms with van der Waals surface area (Å²) < 4.78 is 5.65. The van der Waals surface area contributed by atoms with Crippen LogP contribution in [0.2, 0.25) is 5.02 Å². The molecule has 3 rings (SSSR count). The summed E-state index contributed by atoms with van der Waals surface area (Å²) in [6, 6.07) is 15.4. The molecular weight excluding hydrogens is 330 g/mol. The number of hydrogen-bond donors (Lipinski definition) is 1. The summed E-state index contributed by atoms with van der Waals surface area (Å²) in [5.74, 6) is 2.38. The molecule has 0 aliphatic rings. The summed E-state index contributed by atoms with van der Waals surface area (Å²) in [6.45, 7) is 2.64. The van der Waals surface area contributed by atoms with Gasteiger partial charge in [0.15, 0.2) is 5.82 Å². The average molecular weight is 346 g/mol. The minimum atomic E-state index is 0.584. The highest BCUT2D eigenvalue weighted by molar-refractivity contribution is 7.99. The van der Waals surface area contributed by atoms with Crippen molar-refractivity contribution >= 4 is 23.4 Å². The lowest BCUT2D eigenvalue weighted by Gasteiger charge is -2.04. The lowest BCUT2D eigenvalue weighted by Crippen LogP contribution is -2.00. The van der Waals surface area contributed by atoms with E-state index in [0.717, 1.165) is 28.0 Å². The Hall–Kier alpha value is -1.98. The molecule has 0 atom stereocenters. The second kappa shape index (κ2) is 7.53. The van der Waals surface area contributed by atoms with Gasteiger partial charge in [-0.05, 0) is 36.8 Å². The largest absolute Gasteiger partial charge is 0.493 e. The van der Waals surface area contributed by atoms with Crippen molar-refractivity contribution in [3.05, 3.63) is 59.1 Å². The first-order valence-electron chi connectivity index (χ1n) is 7.22. The lowest BCUT2D eigenvalue weighted by molar-refractivity contribution is 0.344. The van der Waals surface area contributed by atoms with Gasteiger partial charge in [0.2, 0.25) is 5.16 Å². The van der Waals surface area contributed by atoms with Crippen LogP contribution in [-0.4, -0.2) is 27.5 Å². The Labute approximate surface area is 144 Å². The van der Waals surface area contributed by atoms with Crippen molar-refractivity contribution in [3.63, 3.8) is 0 Å². The normalized spacial score (nSPS) is 10.7. The van der Waals surface area contributed by atoms with Gasteiger partial charge in [0, 0.05) is 16.3 Å². The van der Waals surface area contributed by atoms with Gasteiger partial charge in [0.25, 0.3) is 0 Å². The Morgan fingerprint density at radius 3 is 2.70 bits per heavy atom. The van der Waals surface area contributed by atoms with E-state index in [0.29, 0.717) is 11.6 Å². The number of aromatic amines is 1. The fraction of sp³-hybridized carbons (Fsp3) is 0.176. The highest BCUT2D eigenvalue weighted by atomic mass is 35.5. The van der Waals surface area contributed by atoms with Gasteiger partial charge in [0.1, 0.15) is 5.75 Å². The number of hydrogen-bond acceptors (Lipinski definition) is 4. The van der Waals surface area contributed by atoms with Crippen LogP contribution in [0.25, 0.3) is 11.4 Å². The Bertz CT molecular complexity index is 774. The minimum Gasteiger partial charge on any atom is -0.493 e. The second-order valence-electron chi connectivity index (χ2n) is 4.93. The van der Waals surface area contributed by atoms with Crippen LogP contribution in [0.15, 0.2) is 53.7 Å². The van der Waals surface area contributed by atoms with E-state index in [-0.39, 0.29) is 0 Å². The molecule has 0 saturated heterocycles. The first-order valence-corrected chi connectivity index (χ1v) is 8.58. The summed E-state index contributed by atoms with van der Waals surface area (Å²) in [5.41, 5.74) is 2.25. The Balaban J connectivity index is 1.52. The van der Waals surface area contributed by atoms with E-state index >= 15 is 0 Å².